The summed E-state index contributed by atoms with van der Waals surface area (Å²) in [5.74, 6) is 1.06. The Morgan fingerprint density at radius 1 is 1.05 bits per heavy atom. The summed E-state index contributed by atoms with van der Waals surface area (Å²) in [6, 6.07) is 10.1. The van der Waals surface area contributed by atoms with Crippen molar-refractivity contribution in [2.45, 2.75) is 6.04 Å². The van der Waals surface area contributed by atoms with Crippen molar-refractivity contribution in [3.63, 3.8) is 0 Å². The molecule has 5 heteroatoms. The van der Waals surface area contributed by atoms with E-state index in [1.807, 2.05) is 19.2 Å². The van der Waals surface area contributed by atoms with Gasteiger partial charge in [-0.05, 0) is 42.4 Å². The SMILES string of the molecule is CNC(c1ccc(F)cc1)c1cc(OC)c(OC)cc1Br. The predicted octanol–water partition coefficient (Wildman–Crippen LogP) is 3.91. The molecule has 0 saturated heterocycles. The van der Waals surface area contributed by atoms with Gasteiger partial charge in [-0.25, -0.2) is 4.39 Å². The zero-order chi connectivity index (χ0) is 15.4. The number of ether oxygens (including phenoxy) is 2. The van der Waals surface area contributed by atoms with E-state index in [1.165, 1.54) is 12.1 Å². The molecule has 2 rings (SSSR count). The molecule has 0 spiro atoms. The average Bonchev–Trinajstić information content (AvgIpc) is 2.50. The fourth-order valence-electron chi connectivity index (χ4n) is 2.25. The Bertz CT molecular complexity index is 616. The van der Waals surface area contributed by atoms with Crippen LogP contribution in [0.1, 0.15) is 17.2 Å². The van der Waals surface area contributed by atoms with Crippen LogP contribution in [0.25, 0.3) is 0 Å². The first-order chi connectivity index (χ1) is 10.1. The minimum absolute atomic E-state index is 0.0835. The molecular weight excluding hydrogens is 337 g/mol. The first-order valence-corrected chi connectivity index (χ1v) is 7.24. The van der Waals surface area contributed by atoms with E-state index in [2.05, 4.69) is 21.2 Å². The number of nitrogens with one attached hydrogen (secondary N) is 1. The molecule has 0 aliphatic heterocycles. The summed E-state index contributed by atoms with van der Waals surface area (Å²) in [5, 5.41) is 3.23. The van der Waals surface area contributed by atoms with Crippen LogP contribution in [0, 0.1) is 5.82 Å². The predicted molar refractivity (Wildman–Crippen MR) is 84.5 cm³/mol. The van der Waals surface area contributed by atoms with Crippen molar-refractivity contribution in [2.75, 3.05) is 21.3 Å². The largest absolute Gasteiger partial charge is 0.493 e. The van der Waals surface area contributed by atoms with Gasteiger partial charge in [0, 0.05) is 4.47 Å². The third kappa shape index (κ3) is 3.36. The Morgan fingerprint density at radius 3 is 2.14 bits per heavy atom. The van der Waals surface area contributed by atoms with Crippen molar-refractivity contribution in [3.05, 3.63) is 57.8 Å². The molecule has 1 atom stereocenters. The van der Waals surface area contributed by atoms with Gasteiger partial charge in [0.2, 0.25) is 0 Å². The molecular formula is C16H17BrFNO2. The van der Waals surface area contributed by atoms with Gasteiger partial charge >= 0.3 is 0 Å². The summed E-state index contributed by atoms with van der Waals surface area (Å²) in [6.07, 6.45) is 0. The Kier molecular flexibility index (Phi) is 5.20. The summed E-state index contributed by atoms with van der Waals surface area (Å²) in [7, 11) is 5.05. The molecule has 2 aromatic carbocycles. The van der Waals surface area contributed by atoms with E-state index >= 15 is 0 Å². The summed E-state index contributed by atoms with van der Waals surface area (Å²) < 4.78 is 24.6. The topological polar surface area (TPSA) is 30.5 Å². The van der Waals surface area contributed by atoms with Gasteiger partial charge in [-0.2, -0.15) is 0 Å². The molecule has 0 fully saturated rings. The zero-order valence-electron chi connectivity index (χ0n) is 12.1. The maximum absolute atomic E-state index is 13.1. The third-order valence-electron chi connectivity index (χ3n) is 3.31. The highest BCUT2D eigenvalue weighted by Crippen LogP contribution is 2.37. The van der Waals surface area contributed by atoms with E-state index in [1.54, 1.807) is 26.4 Å². The molecule has 0 saturated carbocycles. The molecule has 0 aliphatic carbocycles. The van der Waals surface area contributed by atoms with E-state index in [-0.39, 0.29) is 11.9 Å². The second-order valence-corrected chi connectivity index (χ2v) is 5.36. The van der Waals surface area contributed by atoms with E-state index in [0.29, 0.717) is 11.5 Å². The Hall–Kier alpha value is -1.59. The number of hydrogen-bond donors (Lipinski definition) is 1. The van der Waals surface area contributed by atoms with Crippen molar-refractivity contribution in [1.29, 1.82) is 0 Å². The highest BCUT2D eigenvalue weighted by atomic mass is 79.9. The average molecular weight is 354 g/mol. The lowest BCUT2D eigenvalue weighted by Gasteiger charge is -2.20. The van der Waals surface area contributed by atoms with Gasteiger partial charge in [-0.1, -0.05) is 28.1 Å². The van der Waals surface area contributed by atoms with Crippen LogP contribution in [-0.4, -0.2) is 21.3 Å². The van der Waals surface area contributed by atoms with Crippen LogP contribution in [0.4, 0.5) is 4.39 Å². The van der Waals surface area contributed by atoms with Gasteiger partial charge < -0.3 is 14.8 Å². The molecule has 1 unspecified atom stereocenters. The number of methoxy groups -OCH3 is 2. The van der Waals surface area contributed by atoms with Crippen LogP contribution >= 0.6 is 15.9 Å². The lowest BCUT2D eigenvalue weighted by molar-refractivity contribution is 0.354. The lowest BCUT2D eigenvalue weighted by atomic mass is 9.98. The molecule has 0 radical (unpaired) electrons. The van der Waals surface area contributed by atoms with Crippen molar-refractivity contribution >= 4 is 15.9 Å². The van der Waals surface area contributed by atoms with E-state index in [9.17, 15) is 4.39 Å². The highest BCUT2D eigenvalue weighted by Gasteiger charge is 2.18. The molecule has 0 heterocycles. The molecule has 0 aromatic heterocycles. The van der Waals surface area contributed by atoms with Crippen molar-refractivity contribution in [1.82, 2.24) is 5.32 Å². The first-order valence-electron chi connectivity index (χ1n) is 6.44. The van der Waals surface area contributed by atoms with Crippen LogP contribution in [-0.2, 0) is 0 Å². The Labute approximate surface area is 132 Å². The Balaban J connectivity index is 2.49. The van der Waals surface area contributed by atoms with E-state index in [4.69, 9.17) is 9.47 Å². The van der Waals surface area contributed by atoms with Crippen LogP contribution in [0.2, 0.25) is 0 Å². The Morgan fingerprint density at radius 2 is 1.62 bits per heavy atom. The van der Waals surface area contributed by atoms with Gasteiger partial charge in [0.15, 0.2) is 11.5 Å². The van der Waals surface area contributed by atoms with Gasteiger partial charge in [0.25, 0.3) is 0 Å². The monoisotopic (exact) mass is 353 g/mol. The van der Waals surface area contributed by atoms with Gasteiger partial charge in [0.05, 0.1) is 20.3 Å². The molecule has 1 N–H and O–H groups in total. The zero-order valence-corrected chi connectivity index (χ0v) is 13.7. The molecule has 0 bridgehead atoms. The van der Waals surface area contributed by atoms with Gasteiger partial charge in [-0.3, -0.25) is 0 Å². The van der Waals surface area contributed by atoms with Gasteiger partial charge in [-0.15, -0.1) is 0 Å². The fourth-order valence-corrected chi connectivity index (χ4v) is 2.80. The van der Waals surface area contributed by atoms with Crippen LogP contribution < -0.4 is 14.8 Å². The standard InChI is InChI=1S/C16H17BrFNO2/c1-19-16(10-4-6-11(18)7-5-10)12-8-14(20-2)15(21-3)9-13(12)17/h4-9,16,19H,1-3H3. The highest BCUT2D eigenvalue weighted by molar-refractivity contribution is 9.10. The quantitative estimate of drug-likeness (QED) is 0.883. The minimum atomic E-state index is -0.250. The van der Waals surface area contributed by atoms with Crippen LogP contribution in [0.5, 0.6) is 11.5 Å². The van der Waals surface area contributed by atoms with Crippen molar-refractivity contribution in [2.24, 2.45) is 0 Å². The number of benzene rings is 2. The second-order valence-electron chi connectivity index (χ2n) is 4.50. The number of rotatable bonds is 5. The number of hydrogen-bond acceptors (Lipinski definition) is 3. The molecule has 0 aliphatic rings. The smallest absolute Gasteiger partial charge is 0.161 e. The summed E-state index contributed by atoms with van der Waals surface area (Å²) in [4.78, 5) is 0. The van der Waals surface area contributed by atoms with Crippen LogP contribution in [0.3, 0.4) is 0 Å². The molecule has 0 amide bonds. The normalized spacial score (nSPS) is 12.0. The minimum Gasteiger partial charge on any atom is -0.493 e. The second kappa shape index (κ2) is 6.91. The van der Waals surface area contributed by atoms with Crippen LogP contribution in [0.15, 0.2) is 40.9 Å². The maximum Gasteiger partial charge on any atom is 0.161 e. The lowest BCUT2D eigenvalue weighted by Crippen LogP contribution is -2.18. The number of halogens is 2. The van der Waals surface area contributed by atoms with E-state index < -0.39 is 0 Å². The molecule has 21 heavy (non-hydrogen) atoms. The van der Waals surface area contributed by atoms with Crippen molar-refractivity contribution < 1.29 is 13.9 Å². The fraction of sp³-hybridized carbons (Fsp3) is 0.250. The van der Waals surface area contributed by atoms with E-state index in [0.717, 1.165) is 15.6 Å². The van der Waals surface area contributed by atoms with Crippen molar-refractivity contribution in [3.8, 4) is 11.5 Å². The maximum atomic E-state index is 13.1. The molecule has 2 aromatic rings. The summed E-state index contributed by atoms with van der Waals surface area (Å²) in [6.45, 7) is 0. The summed E-state index contributed by atoms with van der Waals surface area (Å²) >= 11 is 3.55. The summed E-state index contributed by atoms with van der Waals surface area (Å²) in [5.41, 5.74) is 1.95. The first kappa shape index (κ1) is 15.8. The molecule has 3 nitrogen and oxygen atoms in total. The molecule has 112 valence electrons. The third-order valence-corrected chi connectivity index (χ3v) is 3.99. The van der Waals surface area contributed by atoms with Gasteiger partial charge in [0.1, 0.15) is 5.82 Å².